The molecular weight excluding hydrogens is 250 g/mol. The fraction of sp³-hybridized carbons (Fsp3) is 0.625. The fourth-order valence-electron chi connectivity index (χ4n) is 2.42. The normalized spacial score (nSPS) is 12.6. The molecule has 0 spiro atoms. The number of nitrogens with one attached hydrogen (secondary N) is 2. The van der Waals surface area contributed by atoms with Gasteiger partial charge >= 0.3 is 0 Å². The van der Waals surface area contributed by atoms with Crippen LogP contribution < -0.4 is 10.6 Å². The molecule has 0 saturated heterocycles. The van der Waals surface area contributed by atoms with Crippen LogP contribution in [-0.4, -0.2) is 24.0 Å². The summed E-state index contributed by atoms with van der Waals surface area (Å²) >= 11 is 0. The molecule has 1 atom stereocenters. The van der Waals surface area contributed by atoms with E-state index in [0.717, 1.165) is 17.9 Å². The minimum absolute atomic E-state index is 0.0425. The van der Waals surface area contributed by atoms with Gasteiger partial charge in [-0.25, -0.2) is 0 Å². The minimum Gasteiger partial charge on any atom is -0.355 e. The standard InChI is InChI=1S/C16H27N3O/c1-10(2)8-18-15(20)9-17-13(5)16-11(3)7-12(4)19-14(16)6/h7,10,13,17H,8-9H2,1-6H3,(H,18,20). The Bertz CT molecular complexity index is 446. The summed E-state index contributed by atoms with van der Waals surface area (Å²) in [5, 5.41) is 6.18. The second kappa shape index (κ2) is 7.39. The number of hydrogen-bond donors (Lipinski definition) is 2. The van der Waals surface area contributed by atoms with Crippen molar-refractivity contribution in [2.45, 2.75) is 47.6 Å². The molecule has 0 aromatic carbocycles. The molecule has 0 aliphatic carbocycles. The molecular formula is C16H27N3O. The maximum atomic E-state index is 11.7. The van der Waals surface area contributed by atoms with E-state index >= 15 is 0 Å². The van der Waals surface area contributed by atoms with Crippen LogP contribution in [0.1, 0.15) is 49.3 Å². The third-order valence-corrected chi connectivity index (χ3v) is 3.29. The molecule has 4 heteroatoms. The largest absolute Gasteiger partial charge is 0.355 e. The van der Waals surface area contributed by atoms with E-state index in [2.05, 4.69) is 49.4 Å². The summed E-state index contributed by atoms with van der Waals surface area (Å²) < 4.78 is 0. The van der Waals surface area contributed by atoms with Crippen molar-refractivity contribution >= 4 is 5.91 Å². The predicted octanol–water partition coefficient (Wildman–Crippen LogP) is 2.43. The number of carbonyl (C=O) groups is 1. The zero-order chi connectivity index (χ0) is 15.3. The molecule has 1 amide bonds. The summed E-state index contributed by atoms with van der Waals surface area (Å²) in [5.41, 5.74) is 4.47. The highest BCUT2D eigenvalue weighted by atomic mass is 16.1. The number of pyridine rings is 1. The maximum absolute atomic E-state index is 11.7. The first-order chi connectivity index (χ1) is 9.31. The van der Waals surface area contributed by atoms with E-state index in [4.69, 9.17) is 0 Å². The molecule has 112 valence electrons. The van der Waals surface area contributed by atoms with E-state index in [9.17, 15) is 4.79 Å². The summed E-state index contributed by atoms with van der Waals surface area (Å²) in [6.07, 6.45) is 0. The van der Waals surface area contributed by atoms with Gasteiger partial charge in [-0.05, 0) is 50.8 Å². The molecule has 4 nitrogen and oxygen atoms in total. The molecule has 20 heavy (non-hydrogen) atoms. The van der Waals surface area contributed by atoms with Gasteiger partial charge in [0.25, 0.3) is 0 Å². The number of amides is 1. The van der Waals surface area contributed by atoms with E-state index < -0.39 is 0 Å². The molecule has 1 rings (SSSR count). The van der Waals surface area contributed by atoms with Crippen molar-refractivity contribution < 1.29 is 4.79 Å². The van der Waals surface area contributed by atoms with E-state index in [-0.39, 0.29) is 11.9 Å². The van der Waals surface area contributed by atoms with Crippen LogP contribution in [0.25, 0.3) is 0 Å². The molecule has 1 heterocycles. The molecule has 0 radical (unpaired) electrons. The molecule has 0 aliphatic heterocycles. The summed E-state index contributed by atoms with van der Waals surface area (Å²) in [7, 11) is 0. The Morgan fingerprint density at radius 1 is 1.25 bits per heavy atom. The van der Waals surface area contributed by atoms with Crippen molar-refractivity contribution in [3.63, 3.8) is 0 Å². The maximum Gasteiger partial charge on any atom is 0.233 e. The second-order valence-corrected chi connectivity index (χ2v) is 5.88. The Morgan fingerprint density at radius 2 is 1.90 bits per heavy atom. The fourth-order valence-corrected chi connectivity index (χ4v) is 2.42. The SMILES string of the molecule is Cc1cc(C)c(C(C)NCC(=O)NCC(C)C)c(C)n1. The van der Waals surface area contributed by atoms with Crippen LogP contribution in [0.4, 0.5) is 0 Å². The first kappa shape index (κ1) is 16.6. The molecule has 2 N–H and O–H groups in total. The average molecular weight is 277 g/mol. The van der Waals surface area contributed by atoms with E-state index in [1.807, 2.05) is 13.8 Å². The topological polar surface area (TPSA) is 54.0 Å². The molecule has 0 bridgehead atoms. The Hall–Kier alpha value is -1.42. The number of aromatic nitrogens is 1. The lowest BCUT2D eigenvalue weighted by atomic mass is 10.0. The average Bonchev–Trinajstić information content (AvgIpc) is 2.32. The lowest BCUT2D eigenvalue weighted by Crippen LogP contribution is -2.37. The van der Waals surface area contributed by atoms with E-state index in [1.165, 1.54) is 11.1 Å². The van der Waals surface area contributed by atoms with Crippen LogP contribution >= 0.6 is 0 Å². The van der Waals surface area contributed by atoms with Gasteiger partial charge in [0, 0.05) is 24.0 Å². The Kier molecular flexibility index (Phi) is 6.14. The number of aryl methyl sites for hydroxylation is 3. The molecule has 0 saturated carbocycles. The third-order valence-electron chi connectivity index (χ3n) is 3.29. The van der Waals surface area contributed by atoms with Crippen molar-refractivity contribution in [2.75, 3.05) is 13.1 Å². The zero-order valence-corrected chi connectivity index (χ0v) is 13.5. The highest BCUT2D eigenvalue weighted by Gasteiger charge is 2.14. The van der Waals surface area contributed by atoms with Crippen LogP contribution in [0.2, 0.25) is 0 Å². The van der Waals surface area contributed by atoms with Crippen LogP contribution in [-0.2, 0) is 4.79 Å². The molecule has 1 unspecified atom stereocenters. The molecule has 0 fully saturated rings. The van der Waals surface area contributed by atoms with Crippen LogP contribution in [0.15, 0.2) is 6.07 Å². The Morgan fingerprint density at radius 3 is 2.45 bits per heavy atom. The van der Waals surface area contributed by atoms with Crippen molar-refractivity contribution in [2.24, 2.45) is 5.92 Å². The Balaban J connectivity index is 2.59. The third kappa shape index (κ3) is 4.93. The summed E-state index contributed by atoms with van der Waals surface area (Å²) in [6.45, 7) is 13.4. The van der Waals surface area contributed by atoms with Crippen molar-refractivity contribution in [3.05, 3.63) is 28.6 Å². The monoisotopic (exact) mass is 277 g/mol. The zero-order valence-electron chi connectivity index (χ0n) is 13.5. The lowest BCUT2D eigenvalue weighted by Gasteiger charge is -2.19. The van der Waals surface area contributed by atoms with Crippen LogP contribution in [0.5, 0.6) is 0 Å². The van der Waals surface area contributed by atoms with Crippen LogP contribution in [0.3, 0.4) is 0 Å². The molecule has 1 aromatic heterocycles. The van der Waals surface area contributed by atoms with Gasteiger partial charge in [-0.1, -0.05) is 13.8 Å². The highest BCUT2D eigenvalue weighted by Crippen LogP contribution is 2.20. The van der Waals surface area contributed by atoms with E-state index in [0.29, 0.717) is 12.5 Å². The minimum atomic E-state index is 0.0425. The van der Waals surface area contributed by atoms with Crippen molar-refractivity contribution in [1.82, 2.24) is 15.6 Å². The number of carbonyl (C=O) groups excluding carboxylic acids is 1. The first-order valence-corrected chi connectivity index (χ1v) is 7.26. The summed E-state index contributed by atoms with van der Waals surface area (Å²) in [4.78, 5) is 16.2. The van der Waals surface area contributed by atoms with Gasteiger partial charge in [-0.2, -0.15) is 0 Å². The predicted molar refractivity (Wildman–Crippen MR) is 82.7 cm³/mol. The summed E-state index contributed by atoms with van der Waals surface area (Å²) in [6, 6.07) is 2.20. The quantitative estimate of drug-likeness (QED) is 0.839. The van der Waals surface area contributed by atoms with Gasteiger partial charge in [0.1, 0.15) is 0 Å². The van der Waals surface area contributed by atoms with Gasteiger partial charge < -0.3 is 10.6 Å². The van der Waals surface area contributed by atoms with Gasteiger partial charge in [-0.3, -0.25) is 9.78 Å². The Labute approximate surface area is 122 Å². The molecule has 0 aliphatic rings. The highest BCUT2D eigenvalue weighted by molar-refractivity contribution is 5.78. The second-order valence-electron chi connectivity index (χ2n) is 5.88. The van der Waals surface area contributed by atoms with Crippen molar-refractivity contribution in [3.8, 4) is 0 Å². The van der Waals surface area contributed by atoms with Crippen molar-refractivity contribution in [1.29, 1.82) is 0 Å². The number of rotatable bonds is 6. The molecule has 1 aromatic rings. The lowest BCUT2D eigenvalue weighted by molar-refractivity contribution is -0.120. The van der Waals surface area contributed by atoms with Crippen LogP contribution in [0, 0.1) is 26.7 Å². The first-order valence-electron chi connectivity index (χ1n) is 7.26. The van der Waals surface area contributed by atoms with Gasteiger partial charge in [0.2, 0.25) is 5.91 Å². The number of nitrogens with zero attached hydrogens (tertiary/aromatic N) is 1. The smallest absolute Gasteiger partial charge is 0.233 e. The number of hydrogen-bond acceptors (Lipinski definition) is 3. The van der Waals surface area contributed by atoms with Gasteiger partial charge in [-0.15, -0.1) is 0 Å². The van der Waals surface area contributed by atoms with Gasteiger partial charge in [0.05, 0.1) is 6.54 Å². The van der Waals surface area contributed by atoms with Gasteiger partial charge in [0.15, 0.2) is 0 Å². The summed E-state index contributed by atoms with van der Waals surface area (Å²) in [5.74, 6) is 0.517. The van der Waals surface area contributed by atoms with E-state index in [1.54, 1.807) is 0 Å².